The lowest BCUT2D eigenvalue weighted by Gasteiger charge is -2.30. The van der Waals surface area contributed by atoms with Crippen molar-refractivity contribution in [3.05, 3.63) is 29.8 Å². The Hall–Kier alpha value is -2.24. The molecule has 2 N–H and O–H groups in total. The number of rotatable bonds is 4. The highest BCUT2D eigenvalue weighted by molar-refractivity contribution is 5.84. The van der Waals surface area contributed by atoms with Gasteiger partial charge >= 0.3 is 6.03 Å². The second kappa shape index (κ2) is 7.11. The lowest BCUT2D eigenvalue weighted by atomic mass is 10.1. The van der Waals surface area contributed by atoms with E-state index in [1.807, 2.05) is 17.0 Å². The van der Waals surface area contributed by atoms with E-state index in [-0.39, 0.29) is 24.5 Å². The molecule has 130 valence electrons. The zero-order valence-electron chi connectivity index (χ0n) is 14.4. The molecule has 3 rings (SSSR count). The van der Waals surface area contributed by atoms with Gasteiger partial charge in [0, 0.05) is 37.9 Å². The van der Waals surface area contributed by atoms with Crippen molar-refractivity contribution in [2.45, 2.75) is 44.8 Å². The molecule has 2 aliphatic rings. The zero-order chi connectivity index (χ0) is 17.1. The molecular weight excluding hydrogens is 304 g/mol. The van der Waals surface area contributed by atoms with Crippen LogP contribution in [0.15, 0.2) is 24.3 Å². The summed E-state index contributed by atoms with van der Waals surface area (Å²) in [6.07, 6.45) is 2.96. The maximum Gasteiger partial charge on any atom is 0.315 e. The number of hydrogen-bond acceptors (Lipinski definition) is 3. The third-order valence-electron chi connectivity index (χ3n) is 4.77. The first-order chi connectivity index (χ1) is 11.6. The molecule has 1 saturated carbocycles. The molecule has 1 aromatic rings. The molecule has 1 fully saturated rings. The van der Waals surface area contributed by atoms with Crippen molar-refractivity contribution in [2.75, 3.05) is 25.0 Å². The lowest BCUT2D eigenvalue weighted by molar-refractivity contribution is -0.132. The van der Waals surface area contributed by atoms with Crippen molar-refractivity contribution in [2.24, 2.45) is 0 Å². The van der Waals surface area contributed by atoms with E-state index in [0.29, 0.717) is 12.6 Å². The van der Waals surface area contributed by atoms with Gasteiger partial charge in [0.2, 0.25) is 5.91 Å². The third kappa shape index (κ3) is 3.80. The quantitative estimate of drug-likeness (QED) is 0.883. The highest BCUT2D eigenvalue weighted by atomic mass is 16.2. The molecule has 3 amide bonds. The topological polar surface area (TPSA) is 64.7 Å². The molecule has 1 unspecified atom stereocenters. The lowest BCUT2D eigenvalue weighted by Crippen LogP contribution is -2.49. The summed E-state index contributed by atoms with van der Waals surface area (Å²) < 4.78 is 0. The van der Waals surface area contributed by atoms with Crippen molar-refractivity contribution >= 4 is 17.6 Å². The Kier molecular flexibility index (Phi) is 4.92. The fraction of sp³-hybridized carbons (Fsp3) is 0.556. The Bertz CT molecular complexity index is 615. The maximum atomic E-state index is 12.7. The van der Waals surface area contributed by atoms with Crippen LogP contribution in [0.4, 0.5) is 10.5 Å². The average molecular weight is 330 g/mol. The normalized spacial score (nSPS) is 20.2. The number of para-hydroxylation sites is 1. The number of nitrogens with zero attached hydrogens (tertiary/aromatic N) is 2. The fourth-order valence-corrected chi connectivity index (χ4v) is 3.21. The number of benzene rings is 1. The first-order valence-corrected chi connectivity index (χ1v) is 8.71. The van der Waals surface area contributed by atoms with Crippen molar-refractivity contribution in [1.82, 2.24) is 15.5 Å². The minimum absolute atomic E-state index is 0.0297. The van der Waals surface area contributed by atoms with Crippen molar-refractivity contribution < 1.29 is 9.59 Å². The Morgan fingerprint density at radius 2 is 2.00 bits per heavy atom. The first-order valence-electron chi connectivity index (χ1n) is 8.71. The molecule has 0 bridgehead atoms. The van der Waals surface area contributed by atoms with Gasteiger partial charge in [-0.05, 0) is 30.9 Å². The summed E-state index contributed by atoms with van der Waals surface area (Å²) in [4.78, 5) is 28.6. The van der Waals surface area contributed by atoms with Gasteiger partial charge in [-0.1, -0.05) is 25.1 Å². The minimum atomic E-state index is -0.244. The van der Waals surface area contributed by atoms with E-state index >= 15 is 0 Å². The van der Waals surface area contributed by atoms with Gasteiger partial charge in [-0.25, -0.2) is 4.79 Å². The summed E-state index contributed by atoms with van der Waals surface area (Å²) in [6, 6.07) is 8.38. The largest absolute Gasteiger partial charge is 0.372 e. The molecule has 1 atom stereocenters. The molecule has 0 aromatic heterocycles. The molecule has 6 nitrogen and oxygen atoms in total. The van der Waals surface area contributed by atoms with Crippen molar-refractivity contribution in [1.29, 1.82) is 0 Å². The monoisotopic (exact) mass is 330 g/mol. The second-order valence-corrected chi connectivity index (χ2v) is 6.69. The zero-order valence-corrected chi connectivity index (χ0v) is 14.4. The first kappa shape index (κ1) is 16.6. The number of anilines is 1. The van der Waals surface area contributed by atoms with Crippen LogP contribution in [0.2, 0.25) is 0 Å². The SMILES string of the molecule is CCC1CN(C)c2ccccc2CN1C(=O)CNC(=O)NC1CC1. The fourth-order valence-electron chi connectivity index (χ4n) is 3.21. The summed E-state index contributed by atoms with van der Waals surface area (Å²) in [6.45, 7) is 3.53. The Morgan fingerprint density at radius 1 is 1.25 bits per heavy atom. The van der Waals surface area contributed by atoms with Crippen molar-refractivity contribution in [3.63, 3.8) is 0 Å². The molecule has 6 heteroatoms. The number of amides is 3. The third-order valence-corrected chi connectivity index (χ3v) is 4.77. The average Bonchev–Trinajstić information content (AvgIpc) is 3.40. The van der Waals surface area contributed by atoms with E-state index in [4.69, 9.17) is 0 Å². The van der Waals surface area contributed by atoms with Gasteiger partial charge in [0.25, 0.3) is 0 Å². The van der Waals surface area contributed by atoms with Crippen LogP contribution in [-0.4, -0.2) is 49.1 Å². The highest BCUT2D eigenvalue weighted by Crippen LogP contribution is 2.27. The number of fused-ring (bicyclic) bond motifs is 1. The summed E-state index contributed by atoms with van der Waals surface area (Å²) >= 11 is 0. The van der Waals surface area contributed by atoms with Crippen LogP contribution >= 0.6 is 0 Å². The second-order valence-electron chi connectivity index (χ2n) is 6.69. The van der Waals surface area contributed by atoms with E-state index < -0.39 is 0 Å². The molecule has 24 heavy (non-hydrogen) atoms. The molecule has 0 radical (unpaired) electrons. The van der Waals surface area contributed by atoms with E-state index in [1.165, 1.54) is 5.69 Å². The number of urea groups is 1. The number of likely N-dealkylation sites (N-methyl/N-ethyl adjacent to an activating group) is 1. The molecule has 0 spiro atoms. The van der Waals surface area contributed by atoms with Gasteiger partial charge in [-0.3, -0.25) is 4.79 Å². The predicted octanol–water partition coefficient (Wildman–Crippen LogP) is 1.71. The van der Waals surface area contributed by atoms with E-state index in [1.54, 1.807) is 0 Å². The molecule has 1 heterocycles. The minimum Gasteiger partial charge on any atom is -0.372 e. The van der Waals surface area contributed by atoms with Crippen LogP contribution in [0.3, 0.4) is 0 Å². The summed E-state index contributed by atoms with van der Waals surface area (Å²) in [5.41, 5.74) is 2.32. The van der Waals surface area contributed by atoms with Crippen molar-refractivity contribution in [3.8, 4) is 0 Å². The Morgan fingerprint density at radius 3 is 2.71 bits per heavy atom. The summed E-state index contributed by atoms with van der Waals surface area (Å²) in [5.74, 6) is -0.0297. The smallest absolute Gasteiger partial charge is 0.315 e. The number of nitrogens with one attached hydrogen (secondary N) is 2. The predicted molar refractivity (Wildman–Crippen MR) is 93.9 cm³/mol. The number of hydrogen-bond donors (Lipinski definition) is 2. The van der Waals surface area contributed by atoms with E-state index in [0.717, 1.165) is 31.4 Å². The standard InChI is InChI=1S/C18H26N4O2/c1-3-15-12-21(2)16-7-5-4-6-13(16)11-22(15)17(23)10-19-18(24)20-14-8-9-14/h4-7,14-15H,3,8-12H2,1-2H3,(H2,19,20,24). The molecular formula is C18H26N4O2. The highest BCUT2D eigenvalue weighted by Gasteiger charge is 2.29. The van der Waals surface area contributed by atoms with Crippen LogP contribution in [0.1, 0.15) is 31.7 Å². The van der Waals surface area contributed by atoms with Crippen LogP contribution in [0.5, 0.6) is 0 Å². The van der Waals surface area contributed by atoms with Gasteiger partial charge in [0.05, 0.1) is 6.54 Å². The Balaban J connectivity index is 1.67. The van der Waals surface area contributed by atoms with Gasteiger partial charge in [-0.15, -0.1) is 0 Å². The van der Waals surface area contributed by atoms with Gasteiger partial charge in [-0.2, -0.15) is 0 Å². The summed E-state index contributed by atoms with van der Waals surface area (Å²) in [5, 5.41) is 5.54. The molecule has 0 saturated heterocycles. The van der Waals surface area contributed by atoms with Crippen LogP contribution < -0.4 is 15.5 Å². The maximum absolute atomic E-state index is 12.7. The van der Waals surface area contributed by atoms with Crippen LogP contribution in [-0.2, 0) is 11.3 Å². The molecule has 1 aromatic carbocycles. The summed E-state index contributed by atoms with van der Waals surface area (Å²) in [7, 11) is 2.07. The van der Waals surface area contributed by atoms with E-state index in [2.05, 4.69) is 41.6 Å². The Labute approximate surface area is 143 Å². The van der Waals surface area contributed by atoms with Gasteiger partial charge in [0.15, 0.2) is 0 Å². The van der Waals surface area contributed by atoms with Gasteiger partial charge in [0.1, 0.15) is 0 Å². The van der Waals surface area contributed by atoms with Crippen LogP contribution in [0, 0.1) is 0 Å². The number of carbonyl (C=O) groups excluding carboxylic acids is 2. The van der Waals surface area contributed by atoms with E-state index in [9.17, 15) is 9.59 Å². The molecule has 1 aliphatic carbocycles. The van der Waals surface area contributed by atoms with Crippen LogP contribution in [0.25, 0.3) is 0 Å². The molecule has 1 aliphatic heterocycles. The number of carbonyl (C=O) groups is 2. The van der Waals surface area contributed by atoms with Gasteiger partial charge < -0.3 is 20.4 Å².